The molecular weight excluding hydrogens is 316 g/mol. The van der Waals surface area contributed by atoms with Gasteiger partial charge in [0.25, 0.3) is 0 Å². The Kier molecular flexibility index (Phi) is 8.52. The van der Waals surface area contributed by atoms with Crippen LogP contribution in [0.4, 0.5) is 0 Å². The van der Waals surface area contributed by atoms with E-state index in [9.17, 15) is 4.79 Å². The lowest BCUT2D eigenvalue weighted by molar-refractivity contribution is -0.122. The van der Waals surface area contributed by atoms with Crippen molar-refractivity contribution >= 4 is 11.9 Å². The van der Waals surface area contributed by atoms with Gasteiger partial charge in [-0.1, -0.05) is 19.3 Å². The van der Waals surface area contributed by atoms with Crippen LogP contribution in [-0.4, -0.2) is 50.3 Å². The lowest BCUT2D eigenvalue weighted by atomic mass is 9.87. The van der Waals surface area contributed by atoms with Gasteiger partial charge in [0.2, 0.25) is 5.91 Å². The highest BCUT2D eigenvalue weighted by Gasteiger charge is 2.29. The summed E-state index contributed by atoms with van der Waals surface area (Å²) in [6.07, 6.45) is 9.18. The van der Waals surface area contributed by atoms with Crippen molar-refractivity contribution in [1.82, 2.24) is 16.0 Å². The third kappa shape index (κ3) is 7.63. The number of carbonyl (C=O) groups excluding carboxylic acids is 1. The van der Waals surface area contributed by atoms with Gasteiger partial charge in [0.05, 0.1) is 12.1 Å². The molecule has 0 radical (unpaired) electrons. The van der Waals surface area contributed by atoms with Gasteiger partial charge in [-0.15, -0.1) is 0 Å². The third-order valence-electron chi connectivity index (χ3n) is 5.15. The number of nitrogens with zero attached hydrogens (tertiary/aromatic N) is 1. The molecule has 2 rings (SSSR count). The van der Waals surface area contributed by atoms with Gasteiger partial charge in [-0.25, -0.2) is 0 Å². The zero-order valence-electron chi connectivity index (χ0n) is 16.0. The molecule has 25 heavy (non-hydrogen) atoms. The molecule has 6 heteroatoms. The van der Waals surface area contributed by atoms with Crippen molar-refractivity contribution in [3.05, 3.63) is 0 Å². The van der Waals surface area contributed by atoms with Gasteiger partial charge in [0.15, 0.2) is 5.96 Å². The van der Waals surface area contributed by atoms with Crippen LogP contribution in [0.25, 0.3) is 0 Å². The quantitative estimate of drug-likeness (QED) is 0.356. The number of nitrogens with one attached hydrogen (secondary N) is 3. The van der Waals surface area contributed by atoms with E-state index in [0.717, 1.165) is 32.0 Å². The average Bonchev–Trinajstić information content (AvgIpc) is 3.04. The predicted octanol–water partition coefficient (Wildman–Crippen LogP) is 2.20. The molecule has 1 amide bonds. The maximum absolute atomic E-state index is 12.0. The monoisotopic (exact) mass is 352 g/mol. The molecule has 1 atom stereocenters. The molecule has 0 aromatic heterocycles. The van der Waals surface area contributed by atoms with Crippen molar-refractivity contribution in [3.8, 4) is 0 Å². The molecular formula is C19H36N4O2. The van der Waals surface area contributed by atoms with Crippen LogP contribution in [0.15, 0.2) is 4.99 Å². The van der Waals surface area contributed by atoms with Gasteiger partial charge in [0.1, 0.15) is 0 Å². The van der Waals surface area contributed by atoms with E-state index in [1.807, 2.05) is 0 Å². The number of amides is 1. The van der Waals surface area contributed by atoms with E-state index < -0.39 is 0 Å². The minimum atomic E-state index is -0.128. The summed E-state index contributed by atoms with van der Waals surface area (Å²) in [4.78, 5) is 16.7. The van der Waals surface area contributed by atoms with Crippen LogP contribution in [-0.2, 0) is 9.53 Å². The van der Waals surface area contributed by atoms with E-state index in [2.05, 4.69) is 34.8 Å². The average molecular weight is 353 g/mol. The first kappa shape index (κ1) is 20.0. The summed E-state index contributed by atoms with van der Waals surface area (Å²) in [5.41, 5.74) is -0.128. The summed E-state index contributed by atoms with van der Waals surface area (Å²) >= 11 is 0. The zero-order chi connectivity index (χ0) is 18.0. The first-order valence-corrected chi connectivity index (χ1v) is 10.0. The van der Waals surface area contributed by atoms with Gasteiger partial charge in [0, 0.05) is 32.7 Å². The summed E-state index contributed by atoms with van der Waals surface area (Å²) in [5, 5.41) is 9.56. The highest BCUT2D eigenvalue weighted by atomic mass is 16.5. The Morgan fingerprint density at radius 1 is 1.12 bits per heavy atom. The number of carbonyl (C=O) groups is 1. The van der Waals surface area contributed by atoms with E-state index in [1.165, 1.54) is 32.1 Å². The lowest BCUT2D eigenvalue weighted by Crippen LogP contribution is -2.42. The Bertz CT molecular complexity index is 427. The smallest absolute Gasteiger partial charge is 0.220 e. The fourth-order valence-corrected chi connectivity index (χ4v) is 3.66. The van der Waals surface area contributed by atoms with E-state index in [1.54, 1.807) is 0 Å². The van der Waals surface area contributed by atoms with Crippen LogP contribution in [0.5, 0.6) is 0 Å². The van der Waals surface area contributed by atoms with Gasteiger partial charge in [-0.3, -0.25) is 9.79 Å². The van der Waals surface area contributed by atoms with E-state index in [4.69, 9.17) is 4.74 Å². The maximum atomic E-state index is 12.0. The normalized spacial score (nSPS) is 25.0. The maximum Gasteiger partial charge on any atom is 0.220 e. The molecule has 1 aliphatic heterocycles. The molecule has 1 aliphatic carbocycles. The van der Waals surface area contributed by atoms with Crippen LogP contribution >= 0.6 is 0 Å². The summed E-state index contributed by atoms with van der Waals surface area (Å²) in [5.74, 6) is 1.57. The van der Waals surface area contributed by atoms with Crippen molar-refractivity contribution in [2.75, 3.05) is 32.8 Å². The molecule has 0 spiro atoms. The molecule has 6 nitrogen and oxygen atoms in total. The minimum absolute atomic E-state index is 0.128. The largest absolute Gasteiger partial charge is 0.373 e. The summed E-state index contributed by atoms with van der Waals surface area (Å²) in [6, 6.07) is 0. The molecule has 3 N–H and O–H groups in total. The van der Waals surface area contributed by atoms with Crippen LogP contribution in [0, 0.1) is 5.92 Å². The van der Waals surface area contributed by atoms with Crippen molar-refractivity contribution < 1.29 is 9.53 Å². The lowest BCUT2D eigenvalue weighted by Gasteiger charge is -2.22. The predicted molar refractivity (Wildman–Crippen MR) is 102 cm³/mol. The van der Waals surface area contributed by atoms with Gasteiger partial charge in [-0.05, 0) is 45.4 Å². The summed E-state index contributed by atoms with van der Waals surface area (Å²) in [6.45, 7) is 7.80. The Morgan fingerprint density at radius 3 is 2.56 bits per heavy atom. The van der Waals surface area contributed by atoms with Crippen LogP contribution < -0.4 is 16.0 Å². The standard InChI is InChI=1S/C19H36N4O2/c1-3-20-18(23-15-19(2)10-7-13-25-19)22-12-11-21-17(24)14-16-8-5-4-6-9-16/h16H,3-15H2,1-2H3,(H,21,24)(H2,20,22,23). The second kappa shape index (κ2) is 10.6. The third-order valence-corrected chi connectivity index (χ3v) is 5.15. The topological polar surface area (TPSA) is 74.8 Å². The second-order valence-electron chi connectivity index (χ2n) is 7.58. The van der Waals surface area contributed by atoms with Gasteiger partial charge >= 0.3 is 0 Å². The van der Waals surface area contributed by atoms with Crippen molar-refractivity contribution in [2.45, 2.75) is 70.8 Å². The number of guanidine groups is 1. The van der Waals surface area contributed by atoms with Crippen LogP contribution in [0.3, 0.4) is 0 Å². The van der Waals surface area contributed by atoms with Crippen LogP contribution in [0.1, 0.15) is 65.2 Å². The number of ether oxygens (including phenoxy) is 1. The zero-order valence-corrected chi connectivity index (χ0v) is 16.0. The molecule has 0 aromatic carbocycles. The van der Waals surface area contributed by atoms with Crippen LogP contribution in [0.2, 0.25) is 0 Å². The Hall–Kier alpha value is -1.30. The van der Waals surface area contributed by atoms with Gasteiger partial charge < -0.3 is 20.7 Å². The molecule has 144 valence electrons. The summed E-state index contributed by atoms with van der Waals surface area (Å²) < 4.78 is 5.78. The summed E-state index contributed by atoms with van der Waals surface area (Å²) in [7, 11) is 0. The molecule has 2 fully saturated rings. The number of aliphatic imine (C=N–C) groups is 1. The second-order valence-corrected chi connectivity index (χ2v) is 7.58. The molecule has 0 aromatic rings. The van der Waals surface area contributed by atoms with E-state index in [-0.39, 0.29) is 11.5 Å². The van der Waals surface area contributed by atoms with Gasteiger partial charge in [-0.2, -0.15) is 0 Å². The number of hydrogen-bond donors (Lipinski definition) is 3. The first-order valence-electron chi connectivity index (χ1n) is 10.0. The Labute approximate surface area is 152 Å². The Morgan fingerprint density at radius 2 is 1.88 bits per heavy atom. The fraction of sp³-hybridized carbons (Fsp3) is 0.895. The highest BCUT2D eigenvalue weighted by Crippen LogP contribution is 2.26. The first-order chi connectivity index (χ1) is 12.1. The van der Waals surface area contributed by atoms with Crippen molar-refractivity contribution in [3.63, 3.8) is 0 Å². The SMILES string of the molecule is CCNC(=NCC1(C)CCCO1)NCCNC(=O)CC1CCCCC1. The number of rotatable bonds is 8. The Balaban J connectivity index is 1.63. The van der Waals surface area contributed by atoms with Crippen molar-refractivity contribution in [1.29, 1.82) is 0 Å². The molecule has 2 aliphatic rings. The molecule has 1 heterocycles. The van der Waals surface area contributed by atoms with E-state index >= 15 is 0 Å². The minimum Gasteiger partial charge on any atom is -0.373 e. The molecule has 1 saturated heterocycles. The number of hydrogen-bond acceptors (Lipinski definition) is 3. The molecule has 1 saturated carbocycles. The van der Waals surface area contributed by atoms with E-state index in [0.29, 0.717) is 32.0 Å². The molecule has 1 unspecified atom stereocenters. The molecule has 0 bridgehead atoms. The fourth-order valence-electron chi connectivity index (χ4n) is 3.66. The van der Waals surface area contributed by atoms with Crippen molar-refractivity contribution in [2.24, 2.45) is 10.9 Å². The highest BCUT2D eigenvalue weighted by molar-refractivity contribution is 5.80.